The molecule has 0 spiro atoms. The minimum atomic E-state index is -0.199. The van der Waals surface area contributed by atoms with Gasteiger partial charge in [0.15, 0.2) is 0 Å². The Morgan fingerprint density at radius 2 is 1.85 bits per heavy atom. The van der Waals surface area contributed by atoms with Gasteiger partial charge in [-0.2, -0.15) is 0 Å². The van der Waals surface area contributed by atoms with Crippen molar-refractivity contribution in [3.63, 3.8) is 0 Å². The van der Waals surface area contributed by atoms with E-state index in [1.807, 2.05) is 35.2 Å². The molecule has 40 heavy (non-hydrogen) atoms. The second-order valence-electron chi connectivity index (χ2n) is 12.7. The molecule has 8 nitrogen and oxygen atoms in total. The van der Waals surface area contributed by atoms with Crippen LogP contribution in [-0.4, -0.2) is 47.0 Å². The van der Waals surface area contributed by atoms with E-state index in [0.717, 1.165) is 68.4 Å². The summed E-state index contributed by atoms with van der Waals surface area (Å²) in [5.41, 5.74) is 0.395. The first-order valence-electron chi connectivity index (χ1n) is 15.2. The van der Waals surface area contributed by atoms with Gasteiger partial charge in [0.2, 0.25) is 5.91 Å². The Morgan fingerprint density at radius 3 is 2.70 bits per heavy atom. The minimum absolute atomic E-state index is 0.0872. The van der Waals surface area contributed by atoms with Gasteiger partial charge >= 0.3 is 0 Å². The quantitative estimate of drug-likeness (QED) is 0.439. The van der Waals surface area contributed by atoms with Crippen molar-refractivity contribution in [1.29, 1.82) is 0 Å². The van der Waals surface area contributed by atoms with Crippen LogP contribution >= 0.6 is 11.9 Å². The van der Waals surface area contributed by atoms with E-state index < -0.39 is 0 Å². The van der Waals surface area contributed by atoms with Crippen LogP contribution in [0, 0.1) is 17.8 Å². The van der Waals surface area contributed by atoms with Crippen molar-refractivity contribution in [2.75, 3.05) is 34.8 Å². The minimum Gasteiger partial charge on any atom is -0.370 e. The monoisotopic (exact) mass is 562 g/mol. The van der Waals surface area contributed by atoms with Crippen LogP contribution in [0.2, 0.25) is 0 Å². The van der Waals surface area contributed by atoms with Gasteiger partial charge in [-0.15, -0.1) is 0 Å². The van der Waals surface area contributed by atoms with Crippen molar-refractivity contribution >= 4 is 41.2 Å². The van der Waals surface area contributed by atoms with E-state index in [9.17, 15) is 9.59 Å². The molecule has 0 radical (unpaired) electrons. The van der Waals surface area contributed by atoms with Crippen LogP contribution in [0.5, 0.6) is 0 Å². The molecular weight excluding hydrogens is 520 g/mol. The second-order valence-corrected chi connectivity index (χ2v) is 13.5. The van der Waals surface area contributed by atoms with Gasteiger partial charge in [0, 0.05) is 43.0 Å². The average Bonchev–Trinajstić information content (AvgIpc) is 3.67. The van der Waals surface area contributed by atoms with Crippen LogP contribution in [0.4, 0.5) is 17.5 Å². The maximum Gasteiger partial charge on any atom is 0.265 e. The second kappa shape index (κ2) is 11.6. The molecular formula is C31H42N6O2S. The molecule has 4 aliphatic rings. The van der Waals surface area contributed by atoms with E-state index in [1.165, 1.54) is 37.6 Å². The third-order valence-corrected chi connectivity index (χ3v) is 10.1. The highest BCUT2D eigenvalue weighted by Crippen LogP contribution is 2.41. The Kier molecular flexibility index (Phi) is 7.93. The van der Waals surface area contributed by atoms with Gasteiger partial charge in [-0.1, -0.05) is 31.7 Å². The number of carbonyl (C=O) groups excluding carboxylic acids is 2. The Morgan fingerprint density at radius 1 is 1.00 bits per heavy atom. The van der Waals surface area contributed by atoms with Gasteiger partial charge in [-0.25, -0.2) is 9.97 Å². The van der Waals surface area contributed by atoms with E-state index in [1.54, 1.807) is 0 Å². The Bertz CT molecular complexity index is 1250. The summed E-state index contributed by atoms with van der Waals surface area (Å²) in [5, 5.41) is 4.16. The maximum absolute atomic E-state index is 13.6. The lowest BCUT2D eigenvalue weighted by Crippen LogP contribution is -2.40. The van der Waals surface area contributed by atoms with Gasteiger partial charge in [0.25, 0.3) is 5.91 Å². The molecule has 2 saturated heterocycles. The lowest BCUT2D eigenvalue weighted by atomic mass is 9.93. The summed E-state index contributed by atoms with van der Waals surface area (Å²) in [6.07, 6.45) is 11.5. The van der Waals surface area contributed by atoms with Gasteiger partial charge < -0.3 is 10.2 Å². The number of rotatable bonds is 4. The predicted octanol–water partition coefficient (Wildman–Crippen LogP) is 6.05. The standard InChI is InChI=1S/C31H42N6O2S/c1-31(2)19-22-9-6-17-32-25-10-5-11-27(33-25)40-35-29(38)24-14-15-26(34-28(24)37(31)20-22)36-18-16-23(30(36)39)13-12-21-7-3-4-8-21/h5,10-11,14-15,21-23H,3-4,6-9,12-13,16-20H2,1-2H3,(H,32,33)(H,35,38)/t22-,23?/m0/s1. The van der Waals surface area contributed by atoms with E-state index >= 15 is 0 Å². The summed E-state index contributed by atoms with van der Waals surface area (Å²) >= 11 is 1.22. The zero-order valence-electron chi connectivity index (χ0n) is 23.8. The van der Waals surface area contributed by atoms with Crippen LogP contribution in [0.1, 0.15) is 88.4 Å². The molecule has 3 fully saturated rings. The summed E-state index contributed by atoms with van der Waals surface area (Å²) in [6.45, 7) is 6.90. The molecule has 2 N–H and O–H groups in total. The third-order valence-electron chi connectivity index (χ3n) is 9.38. The first-order valence-corrected chi connectivity index (χ1v) is 16.0. The number of hydrogen-bond donors (Lipinski definition) is 2. The fraction of sp³-hybridized carbons (Fsp3) is 0.613. The lowest BCUT2D eigenvalue weighted by molar-refractivity contribution is -0.120. The topological polar surface area (TPSA) is 90.5 Å². The van der Waals surface area contributed by atoms with Crippen LogP contribution in [0.25, 0.3) is 0 Å². The Balaban J connectivity index is 1.27. The SMILES string of the molecule is CC1(C)C[C@@H]2CCCNc3cccc(n3)SNC(=O)c3ccc(N4CCC(CCC5CCCC5)C4=O)nc3N1C2. The summed E-state index contributed by atoms with van der Waals surface area (Å²) in [5.74, 6) is 3.56. The highest BCUT2D eigenvalue weighted by atomic mass is 32.2. The highest BCUT2D eigenvalue weighted by Gasteiger charge is 2.41. The number of pyridine rings is 2. The Hall–Kier alpha value is -2.81. The van der Waals surface area contributed by atoms with Crippen LogP contribution in [-0.2, 0) is 4.79 Å². The summed E-state index contributed by atoms with van der Waals surface area (Å²) < 4.78 is 2.99. The molecule has 2 atom stereocenters. The zero-order valence-corrected chi connectivity index (χ0v) is 24.6. The third kappa shape index (κ3) is 5.80. The lowest BCUT2D eigenvalue weighted by Gasteiger charge is -2.34. The number of anilines is 3. The van der Waals surface area contributed by atoms with Crippen LogP contribution in [0.15, 0.2) is 35.4 Å². The number of hydrogen-bond acceptors (Lipinski definition) is 7. The molecule has 0 aromatic carbocycles. The van der Waals surface area contributed by atoms with Crippen molar-refractivity contribution in [1.82, 2.24) is 14.7 Å². The fourth-order valence-corrected chi connectivity index (χ4v) is 7.82. The zero-order chi connectivity index (χ0) is 27.7. The summed E-state index contributed by atoms with van der Waals surface area (Å²) in [6, 6.07) is 9.53. The van der Waals surface area contributed by atoms with Gasteiger partial charge in [-0.05, 0) is 88.5 Å². The molecule has 3 aliphatic heterocycles. The van der Waals surface area contributed by atoms with E-state index in [-0.39, 0.29) is 23.3 Å². The molecule has 2 aromatic rings. The summed E-state index contributed by atoms with van der Waals surface area (Å²) in [7, 11) is 0. The first kappa shape index (κ1) is 27.4. The molecule has 1 saturated carbocycles. The number of carbonyl (C=O) groups is 2. The average molecular weight is 563 g/mol. The molecule has 5 heterocycles. The molecule has 4 bridgehead atoms. The molecule has 9 heteroatoms. The van der Waals surface area contributed by atoms with Crippen LogP contribution in [0.3, 0.4) is 0 Å². The number of aromatic nitrogens is 2. The summed E-state index contributed by atoms with van der Waals surface area (Å²) in [4.78, 5) is 41.0. The number of amides is 2. The molecule has 214 valence electrons. The highest BCUT2D eigenvalue weighted by molar-refractivity contribution is 7.97. The largest absolute Gasteiger partial charge is 0.370 e. The fourth-order valence-electron chi connectivity index (χ4n) is 7.23. The van der Waals surface area contributed by atoms with E-state index in [4.69, 9.17) is 4.98 Å². The van der Waals surface area contributed by atoms with E-state index in [0.29, 0.717) is 29.7 Å². The molecule has 6 rings (SSSR count). The number of fused-ring (bicyclic) bond motifs is 6. The predicted molar refractivity (Wildman–Crippen MR) is 161 cm³/mol. The van der Waals surface area contributed by atoms with Crippen molar-refractivity contribution in [2.24, 2.45) is 17.8 Å². The van der Waals surface area contributed by atoms with Crippen molar-refractivity contribution in [2.45, 2.75) is 88.6 Å². The Labute approximate surface area is 242 Å². The van der Waals surface area contributed by atoms with Crippen molar-refractivity contribution < 1.29 is 9.59 Å². The molecule has 1 aliphatic carbocycles. The van der Waals surface area contributed by atoms with Crippen molar-refractivity contribution in [3.05, 3.63) is 35.9 Å². The normalized spacial score (nSPS) is 25.2. The number of nitrogens with one attached hydrogen (secondary N) is 2. The molecule has 1 unspecified atom stereocenters. The first-order chi connectivity index (χ1) is 19.4. The molecule has 2 aromatic heterocycles. The molecule has 2 amide bonds. The van der Waals surface area contributed by atoms with E-state index in [2.05, 4.69) is 33.8 Å². The van der Waals surface area contributed by atoms with Crippen molar-refractivity contribution in [3.8, 4) is 0 Å². The van der Waals surface area contributed by atoms with Crippen LogP contribution < -0.4 is 19.8 Å². The van der Waals surface area contributed by atoms with Gasteiger partial charge in [0.05, 0.1) is 5.56 Å². The maximum atomic E-state index is 13.6. The van der Waals surface area contributed by atoms with Gasteiger partial charge in [0.1, 0.15) is 22.5 Å². The number of nitrogens with zero attached hydrogens (tertiary/aromatic N) is 4. The van der Waals surface area contributed by atoms with Gasteiger partial charge in [-0.3, -0.25) is 19.2 Å². The smallest absolute Gasteiger partial charge is 0.265 e.